The highest BCUT2D eigenvalue weighted by Gasteiger charge is 2.34. The normalized spacial score (nSPS) is 14.9. The summed E-state index contributed by atoms with van der Waals surface area (Å²) in [6.45, 7) is 0.333. The van der Waals surface area contributed by atoms with Crippen LogP contribution in [0.3, 0.4) is 0 Å². The Morgan fingerprint density at radius 1 is 1.09 bits per heavy atom. The van der Waals surface area contributed by atoms with Crippen LogP contribution >= 0.6 is 0 Å². The molecule has 8 nitrogen and oxygen atoms in total. The Labute approximate surface area is 197 Å². The molecular formula is C24H23F3N6O2. The van der Waals surface area contributed by atoms with Gasteiger partial charge in [0.1, 0.15) is 12.4 Å². The number of aromatic nitrogens is 5. The van der Waals surface area contributed by atoms with E-state index in [1.54, 1.807) is 16.7 Å². The maximum atomic E-state index is 13.1. The number of nitrogens with one attached hydrogen (secondary N) is 2. The van der Waals surface area contributed by atoms with Crippen molar-refractivity contribution in [2.75, 3.05) is 0 Å². The molecule has 1 atom stereocenters. The number of nitrogens with zero attached hydrogens (tertiary/aromatic N) is 4. The third-order valence-electron chi connectivity index (χ3n) is 6.12. The molecule has 2 aromatic heterocycles. The summed E-state index contributed by atoms with van der Waals surface area (Å²) in [5.74, 6) is -0.830. The fourth-order valence-electron chi connectivity index (χ4n) is 4.42. The van der Waals surface area contributed by atoms with E-state index in [4.69, 9.17) is 0 Å². The fraction of sp³-hybridized carbons (Fsp3) is 0.333. The standard InChI is InChI=1S/C24H23F3N6O2/c25-24(26,27)22-28-17-11-10-16(13-18(17)29-22)21(15-7-3-1-4-8-15)30-20(34)14-33-23(35)32-12-6-2-5-9-19(32)31-33/h1,3-4,7-8,10-11,13,21H,2,5-6,9,12,14H2,(H,28,29)(H,30,34). The number of fused-ring (bicyclic) bond motifs is 2. The van der Waals surface area contributed by atoms with Gasteiger partial charge in [-0.1, -0.05) is 42.8 Å². The molecule has 0 fully saturated rings. The minimum atomic E-state index is -4.60. The van der Waals surface area contributed by atoms with Crippen molar-refractivity contribution < 1.29 is 18.0 Å². The van der Waals surface area contributed by atoms with Crippen LogP contribution in [0.15, 0.2) is 53.3 Å². The van der Waals surface area contributed by atoms with Gasteiger partial charge in [0, 0.05) is 13.0 Å². The third kappa shape index (κ3) is 4.71. The monoisotopic (exact) mass is 484 g/mol. The topological polar surface area (TPSA) is 97.6 Å². The third-order valence-corrected chi connectivity index (χ3v) is 6.12. The van der Waals surface area contributed by atoms with Crippen LogP contribution in [0.4, 0.5) is 13.2 Å². The lowest BCUT2D eigenvalue weighted by Crippen LogP contribution is -2.36. The van der Waals surface area contributed by atoms with E-state index in [1.165, 1.54) is 10.7 Å². The van der Waals surface area contributed by atoms with Crippen LogP contribution in [0.2, 0.25) is 0 Å². The van der Waals surface area contributed by atoms with Crippen LogP contribution in [-0.4, -0.2) is 30.2 Å². The van der Waals surface area contributed by atoms with Gasteiger partial charge in [0.25, 0.3) is 0 Å². The van der Waals surface area contributed by atoms with Gasteiger partial charge in [0.05, 0.1) is 17.1 Å². The van der Waals surface area contributed by atoms with Crippen LogP contribution in [0.25, 0.3) is 11.0 Å². The predicted molar refractivity (Wildman–Crippen MR) is 122 cm³/mol. The average molecular weight is 484 g/mol. The summed E-state index contributed by atoms with van der Waals surface area (Å²) in [6, 6.07) is 13.1. The van der Waals surface area contributed by atoms with Crippen molar-refractivity contribution in [1.29, 1.82) is 0 Å². The van der Waals surface area contributed by atoms with Crippen LogP contribution in [0.1, 0.15) is 48.1 Å². The van der Waals surface area contributed by atoms with Crippen LogP contribution in [0.5, 0.6) is 0 Å². The summed E-state index contributed by atoms with van der Waals surface area (Å²) in [5, 5.41) is 7.27. The van der Waals surface area contributed by atoms with Crippen molar-refractivity contribution >= 4 is 16.9 Å². The van der Waals surface area contributed by atoms with Crippen molar-refractivity contribution in [1.82, 2.24) is 29.6 Å². The molecule has 2 aromatic carbocycles. The molecule has 11 heteroatoms. The first-order valence-corrected chi connectivity index (χ1v) is 11.4. The van der Waals surface area contributed by atoms with E-state index in [9.17, 15) is 22.8 Å². The summed E-state index contributed by atoms with van der Waals surface area (Å²) < 4.78 is 42.0. The lowest BCUT2D eigenvalue weighted by molar-refractivity contribution is -0.144. The lowest BCUT2D eigenvalue weighted by atomic mass is 9.98. The van der Waals surface area contributed by atoms with Gasteiger partial charge in [-0.15, -0.1) is 0 Å². The molecule has 182 valence electrons. The number of carbonyl (C=O) groups is 1. The zero-order valence-corrected chi connectivity index (χ0v) is 18.7. The summed E-state index contributed by atoms with van der Waals surface area (Å²) in [7, 11) is 0. The predicted octanol–water partition coefficient (Wildman–Crippen LogP) is 3.57. The van der Waals surface area contributed by atoms with E-state index in [0.717, 1.165) is 24.8 Å². The average Bonchev–Trinajstić information content (AvgIpc) is 3.30. The second kappa shape index (κ2) is 9.05. The smallest absolute Gasteiger partial charge is 0.344 e. The van der Waals surface area contributed by atoms with E-state index in [0.29, 0.717) is 24.4 Å². The molecule has 1 aliphatic rings. The Hall–Kier alpha value is -3.89. The molecule has 1 amide bonds. The zero-order chi connectivity index (χ0) is 24.6. The number of H-pyrrole nitrogens is 1. The molecule has 35 heavy (non-hydrogen) atoms. The van der Waals surface area contributed by atoms with E-state index < -0.39 is 23.9 Å². The Balaban J connectivity index is 1.44. The second-order valence-corrected chi connectivity index (χ2v) is 8.59. The van der Waals surface area contributed by atoms with Crippen molar-refractivity contribution in [3.8, 4) is 0 Å². The van der Waals surface area contributed by atoms with E-state index in [-0.39, 0.29) is 23.3 Å². The van der Waals surface area contributed by atoms with Gasteiger partial charge in [-0.2, -0.15) is 18.3 Å². The van der Waals surface area contributed by atoms with Gasteiger partial charge in [-0.3, -0.25) is 9.36 Å². The number of alkyl halides is 3. The molecule has 1 aliphatic heterocycles. The lowest BCUT2D eigenvalue weighted by Gasteiger charge is -2.20. The van der Waals surface area contributed by atoms with Crippen molar-refractivity contribution in [2.45, 2.75) is 51.0 Å². The van der Waals surface area contributed by atoms with E-state index in [1.807, 2.05) is 30.3 Å². The second-order valence-electron chi connectivity index (χ2n) is 8.59. The quantitative estimate of drug-likeness (QED) is 0.453. The molecule has 5 rings (SSSR count). The molecule has 3 heterocycles. The number of aromatic amines is 1. The van der Waals surface area contributed by atoms with Crippen LogP contribution < -0.4 is 11.0 Å². The summed E-state index contributed by atoms with van der Waals surface area (Å²) in [5.41, 5.74) is 1.38. The molecule has 0 radical (unpaired) electrons. The molecule has 0 saturated carbocycles. The summed E-state index contributed by atoms with van der Waals surface area (Å²) in [6.07, 6.45) is -1.02. The Morgan fingerprint density at radius 2 is 1.89 bits per heavy atom. The highest BCUT2D eigenvalue weighted by molar-refractivity contribution is 5.79. The molecule has 2 N–H and O–H groups in total. The molecule has 0 spiro atoms. The number of imidazole rings is 1. The molecular weight excluding hydrogens is 461 g/mol. The number of halogens is 3. The van der Waals surface area contributed by atoms with Crippen LogP contribution in [0, 0.1) is 0 Å². The number of hydrogen-bond donors (Lipinski definition) is 2. The first kappa shape index (κ1) is 22.9. The number of benzene rings is 2. The van der Waals surface area contributed by atoms with Gasteiger partial charge in [0.2, 0.25) is 11.7 Å². The van der Waals surface area contributed by atoms with Crippen molar-refractivity contribution in [3.63, 3.8) is 0 Å². The maximum absolute atomic E-state index is 13.1. The first-order valence-electron chi connectivity index (χ1n) is 11.4. The van der Waals surface area contributed by atoms with Gasteiger partial charge >= 0.3 is 11.9 Å². The van der Waals surface area contributed by atoms with Gasteiger partial charge < -0.3 is 10.3 Å². The van der Waals surface area contributed by atoms with Crippen molar-refractivity contribution in [3.05, 3.63) is 81.8 Å². The van der Waals surface area contributed by atoms with Gasteiger partial charge in [-0.05, 0) is 36.1 Å². The number of rotatable bonds is 5. The van der Waals surface area contributed by atoms with Crippen molar-refractivity contribution in [2.24, 2.45) is 0 Å². The molecule has 4 aromatic rings. The minimum absolute atomic E-state index is 0.172. The Bertz CT molecular complexity index is 1420. The number of hydrogen-bond acceptors (Lipinski definition) is 4. The zero-order valence-electron chi connectivity index (χ0n) is 18.7. The van der Waals surface area contributed by atoms with E-state index >= 15 is 0 Å². The van der Waals surface area contributed by atoms with Crippen LogP contribution in [-0.2, 0) is 30.5 Å². The summed E-state index contributed by atoms with van der Waals surface area (Å²) in [4.78, 5) is 31.7. The summed E-state index contributed by atoms with van der Waals surface area (Å²) >= 11 is 0. The molecule has 1 unspecified atom stereocenters. The van der Waals surface area contributed by atoms with E-state index in [2.05, 4.69) is 20.4 Å². The number of amides is 1. The SMILES string of the molecule is O=C(Cn1nc2n(c1=O)CCCCC2)NC(c1ccccc1)c1ccc2nc(C(F)(F)F)[nH]c2c1. The fourth-order valence-corrected chi connectivity index (χ4v) is 4.42. The maximum Gasteiger partial charge on any atom is 0.449 e. The minimum Gasteiger partial charge on any atom is -0.344 e. The highest BCUT2D eigenvalue weighted by atomic mass is 19.4. The molecule has 0 bridgehead atoms. The van der Waals surface area contributed by atoms with Gasteiger partial charge in [-0.25, -0.2) is 14.5 Å². The highest BCUT2D eigenvalue weighted by Crippen LogP contribution is 2.30. The number of aryl methyl sites for hydroxylation is 1. The first-order chi connectivity index (χ1) is 16.8. The largest absolute Gasteiger partial charge is 0.449 e. The Kier molecular flexibility index (Phi) is 5.91. The molecule has 0 aliphatic carbocycles. The van der Waals surface area contributed by atoms with Gasteiger partial charge in [0.15, 0.2) is 0 Å². The molecule has 0 saturated heterocycles. The Morgan fingerprint density at radius 3 is 2.66 bits per heavy atom. The number of carbonyl (C=O) groups excluding carboxylic acids is 1.